The Morgan fingerprint density at radius 2 is 2.00 bits per heavy atom. The lowest BCUT2D eigenvalue weighted by Gasteiger charge is -2.09. The van der Waals surface area contributed by atoms with Crippen molar-refractivity contribution in [2.45, 2.75) is 6.42 Å². The summed E-state index contributed by atoms with van der Waals surface area (Å²) in [5.74, 6) is 0.0644. The minimum absolute atomic E-state index is 0.0644. The topological polar surface area (TPSA) is 117 Å². The maximum atomic E-state index is 11.6. The van der Waals surface area contributed by atoms with Gasteiger partial charge in [-0.05, 0) is 17.7 Å². The van der Waals surface area contributed by atoms with Crippen LogP contribution in [0, 0.1) is 5.41 Å². The van der Waals surface area contributed by atoms with Gasteiger partial charge in [-0.15, -0.1) is 0 Å². The second-order valence-corrected chi connectivity index (χ2v) is 5.39. The zero-order chi connectivity index (χ0) is 14.3. The summed E-state index contributed by atoms with van der Waals surface area (Å²) in [5, 5.41) is 7.17. The fourth-order valence-electron chi connectivity index (χ4n) is 1.38. The molecule has 8 heteroatoms. The SMILES string of the molecule is COCCNS(=O)(=O)Nc1ccc(CC(=N)N)cc1. The lowest BCUT2D eigenvalue weighted by Crippen LogP contribution is -2.32. The molecular formula is C11H18N4O3S. The minimum Gasteiger partial charge on any atom is -0.387 e. The normalized spacial score (nSPS) is 11.2. The van der Waals surface area contributed by atoms with Crippen LogP contribution >= 0.6 is 0 Å². The molecule has 0 heterocycles. The van der Waals surface area contributed by atoms with Gasteiger partial charge in [-0.25, -0.2) is 0 Å². The standard InChI is InChI=1S/C11H18N4O3S/c1-18-7-6-14-19(16,17)15-10-4-2-9(3-5-10)8-11(12)13/h2-5,14-15H,6-8H2,1H3,(H3,12,13). The molecule has 0 unspecified atom stereocenters. The van der Waals surface area contributed by atoms with Crippen molar-refractivity contribution in [1.82, 2.24) is 4.72 Å². The average molecular weight is 286 g/mol. The third kappa shape index (κ3) is 6.18. The Hall–Kier alpha value is -1.64. The van der Waals surface area contributed by atoms with Crippen LogP contribution in [-0.2, 0) is 21.4 Å². The molecule has 0 spiro atoms. The number of nitrogens with one attached hydrogen (secondary N) is 3. The summed E-state index contributed by atoms with van der Waals surface area (Å²) in [5.41, 5.74) is 6.57. The van der Waals surface area contributed by atoms with Crippen molar-refractivity contribution in [3.8, 4) is 0 Å². The van der Waals surface area contributed by atoms with E-state index in [4.69, 9.17) is 15.9 Å². The van der Waals surface area contributed by atoms with Crippen molar-refractivity contribution in [3.63, 3.8) is 0 Å². The monoisotopic (exact) mass is 286 g/mol. The molecule has 0 aliphatic rings. The molecular weight excluding hydrogens is 268 g/mol. The molecule has 0 saturated carbocycles. The zero-order valence-corrected chi connectivity index (χ0v) is 11.5. The van der Waals surface area contributed by atoms with E-state index in [-0.39, 0.29) is 12.4 Å². The van der Waals surface area contributed by atoms with Crippen LogP contribution in [0.1, 0.15) is 5.56 Å². The van der Waals surface area contributed by atoms with Crippen molar-refractivity contribution in [3.05, 3.63) is 29.8 Å². The third-order valence-electron chi connectivity index (χ3n) is 2.20. The predicted octanol–water partition coefficient (Wildman–Crippen LogP) is 0.0578. The van der Waals surface area contributed by atoms with Crippen molar-refractivity contribution in [2.75, 3.05) is 25.0 Å². The predicted molar refractivity (Wildman–Crippen MR) is 74.5 cm³/mol. The summed E-state index contributed by atoms with van der Waals surface area (Å²) in [4.78, 5) is 0. The lowest BCUT2D eigenvalue weighted by molar-refractivity contribution is 0.204. The molecule has 0 atom stereocenters. The maximum Gasteiger partial charge on any atom is 0.299 e. The first-order chi connectivity index (χ1) is 8.93. The Labute approximate surface area is 112 Å². The number of methoxy groups -OCH3 is 1. The van der Waals surface area contributed by atoms with Gasteiger partial charge in [0.05, 0.1) is 12.4 Å². The second-order valence-electron chi connectivity index (χ2n) is 3.89. The number of hydrogen-bond acceptors (Lipinski definition) is 4. The maximum absolute atomic E-state index is 11.6. The van der Waals surface area contributed by atoms with Crippen molar-refractivity contribution in [2.24, 2.45) is 5.73 Å². The van der Waals surface area contributed by atoms with E-state index in [1.165, 1.54) is 7.11 Å². The molecule has 1 rings (SSSR count). The first-order valence-corrected chi connectivity index (χ1v) is 7.09. The fourth-order valence-corrected chi connectivity index (χ4v) is 2.25. The van der Waals surface area contributed by atoms with E-state index in [0.29, 0.717) is 18.7 Å². The number of anilines is 1. The Kier molecular flexibility index (Phi) is 5.74. The van der Waals surface area contributed by atoms with E-state index in [1.54, 1.807) is 24.3 Å². The molecule has 7 nitrogen and oxygen atoms in total. The Morgan fingerprint density at radius 3 is 2.53 bits per heavy atom. The summed E-state index contributed by atoms with van der Waals surface area (Å²) >= 11 is 0. The lowest BCUT2D eigenvalue weighted by atomic mass is 10.1. The number of ether oxygens (including phenoxy) is 1. The molecule has 0 radical (unpaired) electrons. The number of benzene rings is 1. The van der Waals surface area contributed by atoms with Gasteiger partial charge in [-0.2, -0.15) is 13.1 Å². The highest BCUT2D eigenvalue weighted by Gasteiger charge is 2.08. The Balaban J connectivity index is 2.59. The molecule has 106 valence electrons. The first-order valence-electron chi connectivity index (χ1n) is 5.61. The molecule has 0 fully saturated rings. The molecule has 1 aromatic rings. The molecule has 5 N–H and O–H groups in total. The minimum atomic E-state index is -3.59. The van der Waals surface area contributed by atoms with E-state index >= 15 is 0 Å². The summed E-state index contributed by atoms with van der Waals surface area (Å²) in [7, 11) is -2.09. The Morgan fingerprint density at radius 1 is 1.37 bits per heavy atom. The first kappa shape index (κ1) is 15.4. The van der Waals surface area contributed by atoms with E-state index in [0.717, 1.165) is 5.56 Å². The van der Waals surface area contributed by atoms with Crippen LogP contribution < -0.4 is 15.2 Å². The average Bonchev–Trinajstić information content (AvgIpc) is 2.31. The van der Waals surface area contributed by atoms with Gasteiger partial charge in [0.15, 0.2) is 0 Å². The van der Waals surface area contributed by atoms with Crippen molar-refractivity contribution >= 4 is 21.7 Å². The Bertz CT molecular complexity index is 513. The highest BCUT2D eigenvalue weighted by Crippen LogP contribution is 2.11. The van der Waals surface area contributed by atoms with Crippen LogP contribution in [0.4, 0.5) is 5.69 Å². The van der Waals surface area contributed by atoms with Crippen LogP contribution in [0.5, 0.6) is 0 Å². The van der Waals surface area contributed by atoms with Crippen LogP contribution in [0.2, 0.25) is 0 Å². The number of hydrogen-bond donors (Lipinski definition) is 4. The molecule has 0 aliphatic heterocycles. The molecule has 0 aliphatic carbocycles. The van der Waals surface area contributed by atoms with Crippen molar-refractivity contribution < 1.29 is 13.2 Å². The van der Waals surface area contributed by atoms with Gasteiger partial charge >= 0.3 is 0 Å². The van der Waals surface area contributed by atoms with Gasteiger partial charge in [0.2, 0.25) is 0 Å². The summed E-state index contributed by atoms with van der Waals surface area (Å²) in [6.45, 7) is 0.507. The van der Waals surface area contributed by atoms with E-state index < -0.39 is 10.2 Å². The summed E-state index contributed by atoms with van der Waals surface area (Å²) < 4.78 is 32.7. The third-order valence-corrected chi connectivity index (χ3v) is 3.29. The molecule has 19 heavy (non-hydrogen) atoms. The van der Waals surface area contributed by atoms with Gasteiger partial charge < -0.3 is 10.5 Å². The molecule has 0 amide bonds. The highest BCUT2D eigenvalue weighted by atomic mass is 32.2. The fraction of sp³-hybridized carbons (Fsp3) is 0.364. The van der Waals surface area contributed by atoms with Gasteiger partial charge in [-0.1, -0.05) is 12.1 Å². The van der Waals surface area contributed by atoms with Crippen LogP contribution in [0.25, 0.3) is 0 Å². The number of nitrogens with two attached hydrogens (primary N) is 1. The highest BCUT2D eigenvalue weighted by molar-refractivity contribution is 7.90. The zero-order valence-electron chi connectivity index (χ0n) is 10.6. The number of rotatable bonds is 8. The molecule has 0 bridgehead atoms. The number of amidine groups is 1. The van der Waals surface area contributed by atoms with E-state index in [9.17, 15) is 8.42 Å². The summed E-state index contributed by atoms with van der Waals surface area (Å²) in [6.07, 6.45) is 0.346. The largest absolute Gasteiger partial charge is 0.387 e. The van der Waals surface area contributed by atoms with Crippen LogP contribution in [0.3, 0.4) is 0 Å². The summed E-state index contributed by atoms with van der Waals surface area (Å²) in [6, 6.07) is 6.67. The quantitative estimate of drug-likeness (QED) is 0.307. The van der Waals surface area contributed by atoms with Crippen LogP contribution in [-0.4, -0.2) is 34.5 Å². The van der Waals surface area contributed by atoms with E-state index in [1.807, 2.05) is 0 Å². The molecule has 0 saturated heterocycles. The smallest absolute Gasteiger partial charge is 0.299 e. The second kappa shape index (κ2) is 7.07. The van der Waals surface area contributed by atoms with Gasteiger partial charge in [-0.3, -0.25) is 10.1 Å². The van der Waals surface area contributed by atoms with Crippen LogP contribution in [0.15, 0.2) is 24.3 Å². The van der Waals surface area contributed by atoms with Gasteiger partial charge in [0.25, 0.3) is 10.2 Å². The van der Waals surface area contributed by atoms with E-state index in [2.05, 4.69) is 9.44 Å². The van der Waals surface area contributed by atoms with Gasteiger partial charge in [0, 0.05) is 25.8 Å². The molecule has 0 aromatic heterocycles. The molecule has 1 aromatic carbocycles. The van der Waals surface area contributed by atoms with Crippen molar-refractivity contribution in [1.29, 1.82) is 5.41 Å². The van der Waals surface area contributed by atoms with Gasteiger partial charge in [0.1, 0.15) is 0 Å².